The summed E-state index contributed by atoms with van der Waals surface area (Å²) in [5.41, 5.74) is 3.99. The third kappa shape index (κ3) is 3.84. The number of nitrogens with zero attached hydrogens (tertiary/aromatic N) is 1. The van der Waals surface area contributed by atoms with E-state index in [2.05, 4.69) is 15.7 Å². The van der Waals surface area contributed by atoms with Crippen molar-refractivity contribution in [3.05, 3.63) is 23.4 Å². The maximum atomic E-state index is 12.2. The molecule has 0 saturated carbocycles. The van der Waals surface area contributed by atoms with Crippen LogP contribution in [-0.4, -0.2) is 28.4 Å². The summed E-state index contributed by atoms with van der Waals surface area (Å²) in [6.45, 7) is 2.00. The quantitative estimate of drug-likeness (QED) is 0.576. The number of hydrogen-bond acceptors (Lipinski definition) is 5. The largest absolute Gasteiger partial charge is 0.348 e. The molecule has 5 nitrogen and oxygen atoms in total. The number of thioether (sulfide) groups is 1. The fourth-order valence-corrected chi connectivity index (χ4v) is 3.17. The standard InChI is InChI=1S/C13H20N4OS/c1-2-10-6-9(7-12(15-10)17-14)13(18)16-11-4-3-5-19-8-11/h6-7,11H,2-5,8,14H2,1H3,(H,15,17)(H,16,18). The van der Waals surface area contributed by atoms with Crippen molar-refractivity contribution in [3.63, 3.8) is 0 Å². The lowest BCUT2D eigenvalue weighted by molar-refractivity contribution is 0.0938. The molecule has 1 saturated heterocycles. The van der Waals surface area contributed by atoms with Crippen LogP contribution in [0.4, 0.5) is 5.82 Å². The Morgan fingerprint density at radius 1 is 1.58 bits per heavy atom. The normalized spacial score (nSPS) is 18.9. The van der Waals surface area contributed by atoms with Crippen molar-refractivity contribution in [3.8, 4) is 0 Å². The predicted octanol–water partition coefficient (Wildman–Crippen LogP) is 1.55. The summed E-state index contributed by atoms with van der Waals surface area (Å²) >= 11 is 1.90. The van der Waals surface area contributed by atoms with Crippen molar-refractivity contribution in [1.29, 1.82) is 0 Å². The molecule has 0 bridgehead atoms. The number of carbonyl (C=O) groups excluding carboxylic acids is 1. The zero-order chi connectivity index (χ0) is 13.7. The molecule has 1 aliphatic heterocycles. The van der Waals surface area contributed by atoms with Gasteiger partial charge in [-0.1, -0.05) is 6.92 Å². The molecule has 2 rings (SSSR count). The molecule has 1 amide bonds. The number of aryl methyl sites for hydroxylation is 1. The maximum Gasteiger partial charge on any atom is 0.251 e. The van der Waals surface area contributed by atoms with E-state index in [0.717, 1.165) is 24.3 Å². The molecule has 1 aromatic rings. The fourth-order valence-electron chi connectivity index (χ4n) is 2.10. The minimum Gasteiger partial charge on any atom is -0.348 e. The van der Waals surface area contributed by atoms with Gasteiger partial charge in [-0.3, -0.25) is 4.79 Å². The number of nitrogen functional groups attached to an aromatic ring is 1. The number of hydrogen-bond donors (Lipinski definition) is 3. The van der Waals surface area contributed by atoms with E-state index < -0.39 is 0 Å². The predicted molar refractivity (Wildman–Crippen MR) is 79.2 cm³/mol. The van der Waals surface area contributed by atoms with E-state index in [-0.39, 0.29) is 11.9 Å². The van der Waals surface area contributed by atoms with Crippen molar-refractivity contribution in [2.24, 2.45) is 5.84 Å². The summed E-state index contributed by atoms with van der Waals surface area (Å²) < 4.78 is 0. The first-order chi connectivity index (χ1) is 9.22. The summed E-state index contributed by atoms with van der Waals surface area (Å²) in [7, 11) is 0. The van der Waals surface area contributed by atoms with Gasteiger partial charge in [0.25, 0.3) is 5.91 Å². The average molecular weight is 280 g/mol. The minimum atomic E-state index is -0.0406. The molecule has 0 radical (unpaired) electrons. The topological polar surface area (TPSA) is 80.0 Å². The Hall–Kier alpha value is -1.27. The number of pyridine rings is 1. The zero-order valence-corrected chi connectivity index (χ0v) is 11.9. The van der Waals surface area contributed by atoms with Crippen LogP contribution in [0.1, 0.15) is 35.8 Å². The molecule has 1 fully saturated rings. The number of anilines is 1. The SMILES string of the molecule is CCc1cc(C(=O)NC2CCCSC2)cc(NN)n1. The van der Waals surface area contributed by atoms with Crippen LogP contribution in [0.25, 0.3) is 0 Å². The van der Waals surface area contributed by atoms with Crippen LogP contribution in [0.2, 0.25) is 0 Å². The van der Waals surface area contributed by atoms with E-state index >= 15 is 0 Å². The Balaban J connectivity index is 2.08. The Bertz CT molecular complexity index is 424. The highest BCUT2D eigenvalue weighted by atomic mass is 32.2. The van der Waals surface area contributed by atoms with Crippen LogP contribution in [0.15, 0.2) is 12.1 Å². The van der Waals surface area contributed by atoms with Gasteiger partial charge in [0.2, 0.25) is 0 Å². The molecule has 19 heavy (non-hydrogen) atoms. The molecule has 2 heterocycles. The molecule has 1 atom stereocenters. The van der Waals surface area contributed by atoms with Crippen LogP contribution >= 0.6 is 11.8 Å². The molecular formula is C13H20N4OS. The number of rotatable bonds is 4. The monoisotopic (exact) mass is 280 g/mol. The maximum absolute atomic E-state index is 12.2. The summed E-state index contributed by atoms with van der Waals surface area (Å²) in [4.78, 5) is 16.5. The van der Waals surface area contributed by atoms with E-state index in [0.29, 0.717) is 11.4 Å². The fraction of sp³-hybridized carbons (Fsp3) is 0.538. The first kappa shape index (κ1) is 14.1. The number of nitrogens with two attached hydrogens (primary N) is 1. The summed E-state index contributed by atoms with van der Waals surface area (Å²) in [6, 6.07) is 3.79. The average Bonchev–Trinajstić information content (AvgIpc) is 2.47. The van der Waals surface area contributed by atoms with Crippen molar-refractivity contribution in [2.45, 2.75) is 32.2 Å². The van der Waals surface area contributed by atoms with Gasteiger partial charge in [-0.25, -0.2) is 10.8 Å². The van der Waals surface area contributed by atoms with E-state index in [4.69, 9.17) is 5.84 Å². The highest BCUT2D eigenvalue weighted by molar-refractivity contribution is 7.99. The van der Waals surface area contributed by atoms with E-state index in [1.807, 2.05) is 24.8 Å². The van der Waals surface area contributed by atoms with Crippen molar-refractivity contribution >= 4 is 23.5 Å². The molecule has 0 aliphatic carbocycles. The molecule has 104 valence electrons. The van der Waals surface area contributed by atoms with Gasteiger partial charge in [0.05, 0.1) is 0 Å². The lowest BCUT2D eigenvalue weighted by atomic mass is 10.1. The molecule has 6 heteroatoms. The van der Waals surface area contributed by atoms with Crippen LogP contribution < -0.4 is 16.6 Å². The minimum absolute atomic E-state index is 0.0406. The van der Waals surface area contributed by atoms with Crippen LogP contribution in [0.3, 0.4) is 0 Å². The van der Waals surface area contributed by atoms with Crippen LogP contribution in [0, 0.1) is 0 Å². The lowest BCUT2D eigenvalue weighted by Crippen LogP contribution is -2.38. The third-order valence-electron chi connectivity index (χ3n) is 3.15. The highest BCUT2D eigenvalue weighted by Crippen LogP contribution is 2.18. The summed E-state index contributed by atoms with van der Waals surface area (Å²) in [6.07, 6.45) is 3.00. The zero-order valence-electron chi connectivity index (χ0n) is 11.1. The van der Waals surface area contributed by atoms with E-state index in [1.54, 1.807) is 6.07 Å². The smallest absolute Gasteiger partial charge is 0.251 e. The second-order valence-electron chi connectivity index (χ2n) is 4.62. The van der Waals surface area contributed by atoms with Gasteiger partial charge in [-0.2, -0.15) is 11.8 Å². The molecule has 1 unspecified atom stereocenters. The van der Waals surface area contributed by atoms with Crippen LogP contribution in [-0.2, 0) is 6.42 Å². The summed E-state index contributed by atoms with van der Waals surface area (Å²) in [5.74, 6) is 8.07. The molecular weight excluding hydrogens is 260 g/mol. The molecule has 0 spiro atoms. The summed E-state index contributed by atoms with van der Waals surface area (Å²) in [5, 5.41) is 3.08. The van der Waals surface area contributed by atoms with Crippen molar-refractivity contribution in [2.75, 3.05) is 16.9 Å². The Morgan fingerprint density at radius 2 is 2.42 bits per heavy atom. The van der Waals surface area contributed by atoms with Crippen LogP contribution in [0.5, 0.6) is 0 Å². The number of carbonyl (C=O) groups is 1. The van der Waals surface area contributed by atoms with Gasteiger partial charge >= 0.3 is 0 Å². The van der Waals surface area contributed by atoms with Gasteiger partial charge in [0.1, 0.15) is 5.82 Å². The Kier molecular flexibility index (Phi) is 5.04. The molecule has 4 N–H and O–H groups in total. The Morgan fingerprint density at radius 3 is 3.05 bits per heavy atom. The van der Waals surface area contributed by atoms with Crippen molar-refractivity contribution < 1.29 is 4.79 Å². The van der Waals surface area contributed by atoms with Gasteiger partial charge in [0, 0.05) is 23.1 Å². The first-order valence-electron chi connectivity index (χ1n) is 6.59. The highest BCUT2D eigenvalue weighted by Gasteiger charge is 2.17. The van der Waals surface area contributed by atoms with Gasteiger partial charge in [-0.05, 0) is 37.1 Å². The van der Waals surface area contributed by atoms with E-state index in [9.17, 15) is 4.79 Å². The number of aromatic nitrogens is 1. The number of nitrogens with one attached hydrogen (secondary N) is 2. The first-order valence-corrected chi connectivity index (χ1v) is 7.74. The van der Waals surface area contributed by atoms with Crippen molar-refractivity contribution in [1.82, 2.24) is 10.3 Å². The number of amides is 1. The molecule has 1 aromatic heterocycles. The number of hydrazine groups is 1. The second-order valence-corrected chi connectivity index (χ2v) is 5.77. The van der Waals surface area contributed by atoms with Gasteiger partial charge in [-0.15, -0.1) is 0 Å². The molecule has 1 aliphatic rings. The third-order valence-corrected chi connectivity index (χ3v) is 4.36. The lowest BCUT2D eigenvalue weighted by Gasteiger charge is -2.22. The van der Waals surface area contributed by atoms with E-state index in [1.165, 1.54) is 12.2 Å². The second kappa shape index (κ2) is 6.77. The Labute approximate surface area is 117 Å². The van der Waals surface area contributed by atoms with Gasteiger partial charge in [0.15, 0.2) is 0 Å². The van der Waals surface area contributed by atoms with Gasteiger partial charge < -0.3 is 10.7 Å². The molecule has 0 aromatic carbocycles.